The minimum absolute atomic E-state index is 0.00155. The van der Waals surface area contributed by atoms with Crippen molar-refractivity contribution in [3.8, 4) is 5.75 Å². The molecule has 0 saturated carbocycles. The lowest BCUT2D eigenvalue weighted by Crippen LogP contribution is -2.38. The summed E-state index contributed by atoms with van der Waals surface area (Å²) < 4.78 is 6.36. The van der Waals surface area contributed by atoms with Crippen LogP contribution < -0.4 is 10.1 Å². The molecule has 2 aromatic carbocycles. The monoisotopic (exact) mass is 443 g/mol. The number of aromatic nitrogens is 1. The average Bonchev–Trinajstić information content (AvgIpc) is 3.27. The van der Waals surface area contributed by atoms with Crippen molar-refractivity contribution in [2.75, 3.05) is 13.1 Å². The highest BCUT2D eigenvalue weighted by Crippen LogP contribution is 2.32. The lowest BCUT2D eigenvalue weighted by Gasteiger charge is -2.23. The zero-order valence-corrected chi connectivity index (χ0v) is 18.8. The number of fused-ring (bicyclic) bond motifs is 2. The summed E-state index contributed by atoms with van der Waals surface area (Å²) in [6.07, 6.45) is 1.73. The van der Waals surface area contributed by atoms with E-state index < -0.39 is 0 Å². The number of hydrogen-bond acceptors (Lipinski definition) is 5. The normalized spacial score (nSPS) is 16.2. The highest BCUT2D eigenvalue weighted by atomic mass is 32.1. The predicted octanol–water partition coefficient (Wildman–Crippen LogP) is 4.86. The first-order chi connectivity index (χ1) is 15.6. The fourth-order valence-corrected chi connectivity index (χ4v) is 4.80. The number of amides is 1. The standard InChI is InChI=1S/C26H25N3O2S/c1-18-6-7-24-22(10-18)14-29(15-25(31-24)21-8-9-32-17-21)16-26(30)28-13-19-11-20-4-2-3-5-23(20)27-12-19/h2-12,17,25H,13-16H2,1H3,(H,28,30). The second-order valence-corrected chi connectivity index (χ2v) is 9.04. The average molecular weight is 444 g/mol. The van der Waals surface area contributed by atoms with Crippen LogP contribution in [0.2, 0.25) is 0 Å². The third-order valence-corrected chi connectivity index (χ3v) is 6.42. The van der Waals surface area contributed by atoms with Gasteiger partial charge < -0.3 is 10.1 Å². The molecule has 2 aromatic heterocycles. The summed E-state index contributed by atoms with van der Waals surface area (Å²) >= 11 is 1.66. The molecule has 6 heteroatoms. The third kappa shape index (κ3) is 4.66. The quantitative estimate of drug-likeness (QED) is 0.479. The first-order valence-corrected chi connectivity index (χ1v) is 11.7. The number of ether oxygens (including phenoxy) is 1. The number of aryl methyl sites for hydroxylation is 1. The van der Waals surface area contributed by atoms with Crippen LogP contribution in [-0.4, -0.2) is 28.9 Å². The Kier molecular flexibility index (Phi) is 5.88. The maximum atomic E-state index is 12.8. The molecule has 0 aliphatic carbocycles. The van der Waals surface area contributed by atoms with Crippen LogP contribution in [0.1, 0.15) is 28.4 Å². The van der Waals surface area contributed by atoms with Gasteiger partial charge in [0.15, 0.2) is 0 Å². The van der Waals surface area contributed by atoms with Gasteiger partial charge in [0.1, 0.15) is 11.9 Å². The van der Waals surface area contributed by atoms with Gasteiger partial charge in [-0.05, 0) is 47.5 Å². The second kappa shape index (κ2) is 9.10. The number of hydrogen-bond donors (Lipinski definition) is 1. The Hall–Kier alpha value is -3.22. The van der Waals surface area contributed by atoms with E-state index in [-0.39, 0.29) is 12.0 Å². The fraction of sp³-hybridized carbons (Fsp3) is 0.231. The summed E-state index contributed by atoms with van der Waals surface area (Å²) in [6, 6.07) is 18.4. The van der Waals surface area contributed by atoms with E-state index in [1.807, 2.05) is 36.5 Å². The molecule has 1 unspecified atom stereocenters. The molecule has 162 valence electrons. The van der Waals surface area contributed by atoms with Crippen molar-refractivity contribution in [2.45, 2.75) is 26.1 Å². The number of rotatable bonds is 5. The van der Waals surface area contributed by atoms with E-state index in [0.717, 1.165) is 33.3 Å². The molecule has 3 heterocycles. The van der Waals surface area contributed by atoms with Gasteiger partial charge in [-0.2, -0.15) is 11.3 Å². The first kappa shape index (κ1) is 20.7. The van der Waals surface area contributed by atoms with Gasteiger partial charge in [0.25, 0.3) is 0 Å². The van der Waals surface area contributed by atoms with Gasteiger partial charge in [-0.1, -0.05) is 35.9 Å². The molecular formula is C26H25N3O2S. The van der Waals surface area contributed by atoms with E-state index in [9.17, 15) is 4.79 Å². The van der Waals surface area contributed by atoms with Gasteiger partial charge in [-0.15, -0.1) is 0 Å². The minimum Gasteiger partial charge on any atom is -0.484 e. The number of nitrogens with one attached hydrogen (secondary N) is 1. The number of carbonyl (C=O) groups excluding carboxylic acids is 1. The van der Waals surface area contributed by atoms with Crippen LogP contribution in [0.4, 0.5) is 0 Å². The topological polar surface area (TPSA) is 54.5 Å². The minimum atomic E-state index is -0.0947. The first-order valence-electron chi connectivity index (χ1n) is 10.7. The summed E-state index contributed by atoms with van der Waals surface area (Å²) in [4.78, 5) is 19.5. The van der Waals surface area contributed by atoms with Crippen LogP contribution in [0.25, 0.3) is 10.9 Å². The number of benzene rings is 2. The Labute approximate surface area is 191 Å². The van der Waals surface area contributed by atoms with Gasteiger partial charge >= 0.3 is 0 Å². The van der Waals surface area contributed by atoms with Crippen LogP contribution >= 0.6 is 11.3 Å². The Morgan fingerprint density at radius 3 is 3.00 bits per heavy atom. The predicted molar refractivity (Wildman–Crippen MR) is 128 cm³/mol. The molecule has 1 atom stereocenters. The molecule has 5 rings (SSSR count). The van der Waals surface area contributed by atoms with Crippen LogP contribution in [0.15, 0.2) is 71.6 Å². The Morgan fingerprint density at radius 2 is 2.12 bits per heavy atom. The van der Waals surface area contributed by atoms with E-state index in [4.69, 9.17) is 4.74 Å². The Balaban J connectivity index is 1.28. The summed E-state index contributed by atoms with van der Waals surface area (Å²) in [5.74, 6) is 0.898. The van der Waals surface area contributed by atoms with Crippen LogP contribution in [0.5, 0.6) is 5.75 Å². The van der Waals surface area contributed by atoms with Crippen molar-refractivity contribution in [2.24, 2.45) is 0 Å². The molecule has 0 fully saturated rings. The SMILES string of the molecule is Cc1ccc2c(c1)CN(CC(=O)NCc1cnc3ccccc3c1)CC(c1ccsc1)O2. The summed E-state index contributed by atoms with van der Waals surface area (Å²) in [6.45, 7) is 4.21. The van der Waals surface area contributed by atoms with E-state index in [0.29, 0.717) is 26.2 Å². The van der Waals surface area contributed by atoms with E-state index in [1.165, 1.54) is 5.56 Å². The Morgan fingerprint density at radius 1 is 1.22 bits per heavy atom. The van der Waals surface area contributed by atoms with Gasteiger partial charge in [0.05, 0.1) is 12.1 Å². The van der Waals surface area contributed by atoms with Gasteiger partial charge in [0.2, 0.25) is 5.91 Å². The fourth-order valence-electron chi connectivity index (χ4n) is 4.10. The lowest BCUT2D eigenvalue weighted by atomic mass is 10.1. The molecule has 4 aromatic rings. The van der Waals surface area contributed by atoms with E-state index in [2.05, 4.69) is 57.2 Å². The zero-order chi connectivity index (χ0) is 21.9. The van der Waals surface area contributed by atoms with Crippen molar-refractivity contribution >= 4 is 28.1 Å². The molecule has 1 N–H and O–H groups in total. The molecule has 0 radical (unpaired) electrons. The molecule has 1 amide bonds. The van der Waals surface area contributed by atoms with Gasteiger partial charge in [-0.25, -0.2) is 0 Å². The number of para-hydroxylation sites is 1. The molecular weight excluding hydrogens is 418 g/mol. The maximum absolute atomic E-state index is 12.8. The molecule has 1 aliphatic rings. The van der Waals surface area contributed by atoms with Gasteiger partial charge in [-0.3, -0.25) is 14.7 Å². The summed E-state index contributed by atoms with van der Waals surface area (Å²) in [5.41, 5.74) is 5.41. The van der Waals surface area contributed by atoms with Crippen LogP contribution in [0.3, 0.4) is 0 Å². The number of carbonyl (C=O) groups is 1. The van der Waals surface area contributed by atoms with Crippen molar-refractivity contribution in [1.29, 1.82) is 0 Å². The second-order valence-electron chi connectivity index (χ2n) is 8.26. The van der Waals surface area contributed by atoms with Crippen molar-refractivity contribution in [3.05, 3.63) is 93.8 Å². The molecule has 32 heavy (non-hydrogen) atoms. The molecule has 0 saturated heterocycles. The molecule has 1 aliphatic heterocycles. The van der Waals surface area contributed by atoms with Crippen molar-refractivity contribution < 1.29 is 9.53 Å². The highest BCUT2D eigenvalue weighted by Gasteiger charge is 2.26. The summed E-state index contributed by atoms with van der Waals surface area (Å²) in [5, 5.41) is 8.32. The maximum Gasteiger partial charge on any atom is 0.234 e. The largest absolute Gasteiger partial charge is 0.484 e. The molecule has 0 bridgehead atoms. The lowest BCUT2D eigenvalue weighted by molar-refractivity contribution is -0.122. The molecule has 0 spiro atoms. The number of pyridine rings is 1. The zero-order valence-electron chi connectivity index (χ0n) is 18.0. The number of nitrogens with zero attached hydrogens (tertiary/aromatic N) is 2. The summed E-state index contributed by atoms with van der Waals surface area (Å²) in [7, 11) is 0. The van der Waals surface area contributed by atoms with Crippen LogP contribution in [0, 0.1) is 6.92 Å². The number of thiophene rings is 1. The Bertz CT molecular complexity index is 1240. The van der Waals surface area contributed by atoms with Crippen LogP contribution in [-0.2, 0) is 17.9 Å². The van der Waals surface area contributed by atoms with E-state index in [1.54, 1.807) is 11.3 Å². The highest BCUT2D eigenvalue weighted by molar-refractivity contribution is 7.07. The van der Waals surface area contributed by atoms with E-state index >= 15 is 0 Å². The smallest absolute Gasteiger partial charge is 0.234 e. The van der Waals surface area contributed by atoms with Crippen molar-refractivity contribution in [1.82, 2.24) is 15.2 Å². The third-order valence-electron chi connectivity index (χ3n) is 5.72. The molecule has 5 nitrogen and oxygen atoms in total. The van der Waals surface area contributed by atoms with Crippen molar-refractivity contribution in [3.63, 3.8) is 0 Å². The van der Waals surface area contributed by atoms with Gasteiger partial charge in [0, 0.05) is 42.3 Å².